The van der Waals surface area contributed by atoms with Gasteiger partial charge >= 0.3 is 0 Å². The van der Waals surface area contributed by atoms with E-state index in [0.29, 0.717) is 10.6 Å². The molecule has 0 spiro atoms. The van der Waals surface area contributed by atoms with Gasteiger partial charge < -0.3 is 5.73 Å². The predicted molar refractivity (Wildman–Crippen MR) is 54.2 cm³/mol. The lowest BCUT2D eigenvalue weighted by molar-refractivity contribution is -0.114. The zero-order valence-corrected chi connectivity index (χ0v) is 7.95. The molecule has 1 aromatic carbocycles. The second-order valence-corrected chi connectivity index (χ2v) is 3.02. The van der Waals surface area contributed by atoms with Crippen LogP contribution in [0.25, 0.3) is 6.08 Å². The van der Waals surface area contributed by atoms with Gasteiger partial charge in [-0.05, 0) is 23.8 Å². The zero-order chi connectivity index (χ0) is 10.6. The van der Waals surface area contributed by atoms with Crippen molar-refractivity contribution in [3.8, 4) is 6.07 Å². The Morgan fingerprint density at radius 3 is 2.43 bits per heavy atom. The number of amides is 1. The van der Waals surface area contributed by atoms with Crippen LogP contribution in [-0.4, -0.2) is 5.91 Å². The molecule has 0 unspecified atom stereocenters. The fourth-order valence-corrected chi connectivity index (χ4v) is 1.01. The lowest BCUT2D eigenvalue weighted by Crippen LogP contribution is -2.12. The maximum absolute atomic E-state index is 10.7. The van der Waals surface area contributed by atoms with Crippen LogP contribution in [0.5, 0.6) is 0 Å². The summed E-state index contributed by atoms with van der Waals surface area (Å²) in [5, 5.41) is 9.16. The van der Waals surface area contributed by atoms with Crippen molar-refractivity contribution in [2.75, 3.05) is 0 Å². The van der Waals surface area contributed by atoms with Crippen molar-refractivity contribution in [3.63, 3.8) is 0 Å². The van der Waals surface area contributed by atoms with Crippen molar-refractivity contribution < 1.29 is 4.79 Å². The average molecular weight is 207 g/mol. The van der Waals surface area contributed by atoms with Crippen molar-refractivity contribution >= 4 is 23.6 Å². The van der Waals surface area contributed by atoms with Gasteiger partial charge in [0.15, 0.2) is 0 Å². The van der Waals surface area contributed by atoms with Gasteiger partial charge in [-0.25, -0.2) is 0 Å². The Morgan fingerprint density at radius 2 is 2.00 bits per heavy atom. The van der Waals surface area contributed by atoms with Gasteiger partial charge in [-0.2, -0.15) is 5.26 Å². The third-order valence-corrected chi connectivity index (χ3v) is 1.82. The van der Waals surface area contributed by atoms with Crippen LogP contribution in [0.3, 0.4) is 0 Å². The third kappa shape index (κ3) is 2.61. The second kappa shape index (κ2) is 4.45. The number of primary amides is 1. The fourth-order valence-electron chi connectivity index (χ4n) is 0.884. The van der Waals surface area contributed by atoms with E-state index in [1.807, 2.05) is 0 Å². The van der Waals surface area contributed by atoms with E-state index in [1.165, 1.54) is 6.08 Å². The van der Waals surface area contributed by atoms with Gasteiger partial charge in [0.25, 0.3) is 5.91 Å². The molecule has 14 heavy (non-hydrogen) atoms. The first-order chi connectivity index (χ1) is 6.63. The highest BCUT2D eigenvalue weighted by Gasteiger charge is 2.02. The number of hydrogen-bond acceptors (Lipinski definition) is 2. The van der Waals surface area contributed by atoms with Gasteiger partial charge in [-0.3, -0.25) is 4.79 Å². The Hall–Kier alpha value is -1.79. The minimum atomic E-state index is -0.734. The van der Waals surface area contributed by atoms with Crippen LogP contribution in [0.1, 0.15) is 5.56 Å². The first-order valence-corrected chi connectivity index (χ1v) is 4.18. The molecule has 1 rings (SSSR count). The van der Waals surface area contributed by atoms with E-state index in [0.717, 1.165) is 0 Å². The number of nitrogens with two attached hydrogens (primary N) is 1. The Bertz CT molecular complexity index is 415. The second-order valence-electron chi connectivity index (χ2n) is 2.59. The van der Waals surface area contributed by atoms with Crippen LogP contribution in [0.2, 0.25) is 5.02 Å². The van der Waals surface area contributed by atoms with E-state index >= 15 is 0 Å². The molecule has 0 heterocycles. The van der Waals surface area contributed by atoms with Crippen LogP contribution in [-0.2, 0) is 4.79 Å². The fraction of sp³-hybridized carbons (Fsp3) is 0. The Kier molecular flexibility index (Phi) is 3.27. The predicted octanol–water partition coefficient (Wildman–Crippen LogP) is 1.73. The number of carbonyl (C=O) groups excluding carboxylic acids is 1. The van der Waals surface area contributed by atoms with Gasteiger partial charge in [0.05, 0.1) is 0 Å². The lowest BCUT2D eigenvalue weighted by Gasteiger charge is -1.94. The van der Waals surface area contributed by atoms with Gasteiger partial charge in [0.1, 0.15) is 11.6 Å². The van der Waals surface area contributed by atoms with Crippen molar-refractivity contribution in [1.29, 1.82) is 5.26 Å². The number of halogens is 1. The Labute approximate surface area is 86.4 Å². The summed E-state index contributed by atoms with van der Waals surface area (Å²) in [5.74, 6) is -0.734. The SMILES string of the molecule is N#CC(=Cc1ccc(Cl)cc1)C(N)=O. The monoisotopic (exact) mass is 206 g/mol. The van der Waals surface area contributed by atoms with E-state index in [1.54, 1.807) is 30.3 Å². The Morgan fingerprint density at radius 1 is 1.43 bits per heavy atom. The van der Waals surface area contributed by atoms with E-state index in [-0.39, 0.29) is 5.57 Å². The first-order valence-electron chi connectivity index (χ1n) is 3.80. The molecule has 0 atom stereocenters. The van der Waals surface area contributed by atoms with E-state index in [2.05, 4.69) is 0 Å². The molecule has 2 N–H and O–H groups in total. The van der Waals surface area contributed by atoms with Crippen LogP contribution in [0.15, 0.2) is 29.8 Å². The third-order valence-electron chi connectivity index (χ3n) is 1.57. The molecule has 0 aliphatic rings. The lowest BCUT2D eigenvalue weighted by atomic mass is 10.1. The van der Waals surface area contributed by atoms with Crippen molar-refractivity contribution in [3.05, 3.63) is 40.4 Å². The van der Waals surface area contributed by atoms with E-state index < -0.39 is 5.91 Å². The summed E-state index contributed by atoms with van der Waals surface area (Å²) in [7, 11) is 0. The quantitative estimate of drug-likeness (QED) is 0.592. The highest BCUT2D eigenvalue weighted by atomic mass is 35.5. The molecular formula is C10H7ClN2O. The molecule has 0 aliphatic carbocycles. The largest absolute Gasteiger partial charge is 0.365 e. The van der Waals surface area contributed by atoms with Crippen molar-refractivity contribution in [2.45, 2.75) is 0 Å². The number of carbonyl (C=O) groups is 1. The zero-order valence-electron chi connectivity index (χ0n) is 7.20. The van der Waals surface area contributed by atoms with Crippen LogP contribution in [0.4, 0.5) is 0 Å². The molecule has 70 valence electrons. The number of nitriles is 1. The van der Waals surface area contributed by atoms with Crippen molar-refractivity contribution in [2.24, 2.45) is 5.73 Å². The van der Waals surface area contributed by atoms with Gasteiger partial charge in [0.2, 0.25) is 0 Å². The maximum atomic E-state index is 10.7. The first kappa shape index (κ1) is 10.3. The number of nitrogens with zero attached hydrogens (tertiary/aromatic N) is 1. The van der Waals surface area contributed by atoms with Crippen LogP contribution in [0, 0.1) is 11.3 Å². The summed E-state index contributed by atoms with van der Waals surface area (Å²) in [5.41, 5.74) is 5.61. The molecule has 0 aromatic heterocycles. The molecule has 1 amide bonds. The summed E-state index contributed by atoms with van der Waals surface area (Å²) < 4.78 is 0. The molecule has 0 aliphatic heterocycles. The highest BCUT2D eigenvalue weighted by molar-refractivity contribution is 6.30. The molecule has 0 bridgehead atoms. The summed E-state index contributed by atoms with van der Waals surface area (Å²) in [4.78, 5) is 10.7. The van der Waals surface area contributed by atoms with Gasteiger partial charge in [-0.15, -0.1) is 0 Å². The molecule has 0 saturated heterocycles. The average Bonchev–Trinajstić information content (AvgIpc) is 2.16. The molecule has 0 fully saturated rings. The molecule has 0 radical (unpaired) electrons. The number of hydrogen-bond donors (Lipinski definition) is 1. The Balaban J connectivity index is 3.03. The molecule has 0 saturated carbocycles. The summed E-state index contributed by atoms with van der Waals surface area (Å²) in [6, 6.07) is 8.45. The smallest absolute Gasteiger partial charge is 0.259 e. The standard InChI is InChI=1S/C10H7ClN2O/c11-9-3-1-7(2-4-9)5-8(6-12)10(13)14/h1-5H,(H2,13,14). The summed E-state index contributed by atoms with van der Waals surface area (Å²) in [6.07, 6.45) is 1.42. The number of benzene rings is 1. The summed E-state index contributed by atoms with van der Waals surface area (Å²) >= 11 is 5.67. The van der Waals surface area contributed by atoms with E-state index in [9.17, 15) is 4.79 Å². The van der Waals surface area contributed by atoms with Crippen LogP contribution < -0.4 is 5.73 Å². The molecule has 3 nitrogen and oxygen atoms in total. The van der Waals surface area contributed by atoms with Crippen molar-refractivity contribution in [1.82, 2.24) is 0 Å². The minimum absolute atomic E-state index is 0.0766. The molecule has 1 aromatic rings. The van der Waals surface area contributed by atoms with Crippen LogP contribution >= 0.6 is 11.6 Å². The summed E-state index contributed by atoms with van der Waals surface area (Å²) in [6.45, 7) is 0. The topological polar surface area (TPSA) is 66.9 Å². The molecule has 4 heteroatoms. The highest BCUT2D eigenvalue weighted by Crippen LogP contribution is 2.12. The number of rotatable bonds is 2. The van der Waals surface area contributed by atoms with Gasteiger partial charge in [-0.1, -0.05) is 23.7 Å². The minimum Gasteiger partial charge on any atom is -0.365 e. The molecular weight excluding hydrogens is 200 g/mol. The van der Waals surface area contributed by atoms with Gasteiger partial charge in [0, 0.05) is 5.02 Å². The maximum Gasteiger partial charge on any atom is 0.259 e. The van der Waals surface area contributed by atoms with E-state index in [4.69, 9.17) is 22.6 Å². The normalized spacial score (nSPS) is 10.7.